The Bertz CT molecular complexity index is 511. The Balaban J connectivity index is 1.99. The Kier molecular flexibility index (Phi) is 5.62. The number of rotatable bonds is 5. The Morgan fingerprint density at radius 2 is 1.00 bits per heavy atom. The van der Waals surface area contributed by atoms with Gasteiger partial charge < -0.3 is 0 Å². The summed E-state index contributed by atoms with van der Waals surface area (Å²) in [7, 11) is 3.94. The minimum atomic E-state index is 0.521. The van der Waals surface area contributed by atoms with Gasteiger partial charge in [0.15, 0.2) is 0 Å². The van der Waals surface area contributed by atoms with Crippen LogP contribution >= 0.6 is 21.6 Å². The number of hydrogen-bond acceptors (Lipinski definition) is 2. The Morgan fingerprint density at radius 1 is 0.650 bits per heavy atom. The van der Waals surface area contributed by atoms with Crippen molar-refractivity contribution in [1.29, 1.82) is 0 Å². The number of aryl methyl sites for hydroxylation is 2. The summed E-state index contributed by atoms with van der Waals surface area (Å²) in [6, 6.07) is 17.4. The topological polar surface area (TPSA) is 0 Å². The number of hydrogen-bond donors (Lipinski definition) is 0. The predicted molar refractivity (Wildman–Crippen MR) is 94.4 cm³/mol. The molecule has 2 rings (SSSR count). The molecule has 0 aromatic heterocycles. The van der Waals surface area contributed by atoms with Crippen LogP contribution in [0.5, 0.6) is 0 Å². The Labute approximate surface area is 130 Å². The van der Waals surface area contributed by atoms with Gasteiger partial charge in [-0.25, -0.2) is 0 Å². The van der Waals surface area contributed by atoms with E-state index in [0.29, 0.717) is 10.5 Å². The van der Waals surface area contributed by atoms with Gasteiger partial charge in [0.05, 0.1) is 0 Å². The fraction of sp³-hybridized carbons (Fsp3) is 0.333. The molecule has 2 heteroatoms. The van der Waals surface area contributed by atoms with Crippen LogP contribution in [-0.2, 0) is 0 Å². The third kappa shape index (κ3) is 3.83. The molecule has 106 valence electrons. The molecular weight excluding hydrogens is 280 g/mol. The molecule has 0 aliphatic carbocycles. The van der Waals surface area contributed by atoms with E-state index >= 15 is 0 Å². The van der Waals surface area contributed by atoms with Crippen molar-refractivity contribution in [1.82, 2.24) is 0 Å². The first kappa shape index (κ1) is 15.5. The van der Waals surface area contributed by atoms with Gasteiger partial charge in [-0.1, -0.05) is 70.1 Å². The summed E-state index contributed by atoms with van der Waals surface area (Å²) in [4.78, 5) is 0. The first-order valence-corrected chi connectivity index (χ1v) is 9.30. The van der Waals surface area contributed by atoms with E-state index in [1.807, 2.05) is 21.6 Å². The van der Waals surface area contributed by atoms with Crippen LogP contribution < -0.4 is 0 Å². The molecule has 0 nitrogen and oxygen atoms in total. The van der Waals surface area contributed by atoms with Gasteiger partial charge in [-0.05, 0) is 49.9 Å². The minimum absolute atomic E-state index is 0.521. The molecule has 0 saturated heterocycles. The molecule has 0 radical (unpaired) electrons. The fourth-order valence-corrected chi connectivity index (χ4v) is 5.05. The van der Waals surface area contributed by atoms with Crippen LogP contribution in [0.25, 0.3) is 0 Å². The van der Waals surface area contributed by atoms with Crippen LogP contribution in [0, 0.1) is 13.8 Å². The third-order valence-electron chi connectivity index (χ3n) is 3.60. The molecule has 2 atom stereocenters. The maximum atomic E-state index is 2.30. The van der Waals surface area contributed by atoms with Crippen LogP contribution in [0.4, 0.5) is 0 Å². The second-order valence-corrected chi connectivity index (χ2v) is 8.14. The molecule has 0 bridgehead atoms. The monoisotopic (exact) mass is 302 g/mol. The van der Waals surface area contributed by atoms with Crippen LogP contribution in [0.15, 0.2) is 48.5 Å². The molecule has 2 aromatic carbocycles. The number of benzene rings is 2. The zero-order valence-electron chi connectivity index (χ0n) is 12.6. The lowest BCUT2D eigenvalue weighted by Crippen LogP contribution is -1.93. The summed E-state index contributed by atoms with van der Waals surface area (Å²) in [6.07, 6.45) is 0. The summed E-state index contributed by atoms with van der Waals surface area (Å²) in [5.41, 5.74) is 5.66. The van der Waals surface area contributed by atoms with E-state index in [2.05, 4.69) is 76.2 Å². The van der Waals surface area contributed by atoms with Crippen LogP contribution in [0.2, 0.25) is 0 Å². The molecule has 0 aliphatic heterocycles. The molecule has 20 heavy (non-hydrogen) atoms. The van der Waals surface area contributed by atoms with Crippen molar-refractivity contribution in [2.75, 3.05) is 0 Å². The fourth-order valence-electron chi connectivity index (χ4n) is 2.36. The van der Waals surface area contributed by atoms with Gasteiger partial charge in [0.2, 0.25) is 0 Å². The highest BCUT2D eigenvalue weighted by Crippen LogP contribution is 2.46. The summed E-state index contributed by atoms with van der Waals surface area (Å²) < 4.78 is 0. The van der Waals surface area contributed by atoms with E-state index in [4.69, 9.17) is 0 Å². The lowest BCUT2D eigenvalue weighted by atomic mass is 10.1. The lowest BCUT2D eigenvalue weighted by molar-refractivity contribution is 1.07. The van der Waals surface area contributed by atoms with E-state index in [-0.39, 0.29) is 0 Å². The van der Waals surface area contributed by atoms with E-state index < -0.39 is 0 Å². The highest BCUT2D eigenvalue weighted by molar-refractivity contribution is 8.76. The maximum absolute atomic E-state index is 2.30. The maximum Gasteiger partial charge on any atom is 0.0375 e. The van der Waals surface area contributed by atoms with Crippen molar-refractivity contribution in [3.05, 3.63) is 70.8 Å². The Morgan fingerprint density at radius 3 is 1.35 bits per heavy atom. The first-order valence-electron chi connectivity index (χ1n) is 7.02. The molecule has 0 saturated carbocycles. The molecule has 0 fully saturated rings. The molecule has 0 spiro atoms. The SMILES string of the molecule is Cc1ccccc1C(C)SSC(C)c1ccccc1C. The van der Waals surface area contributed by atoms with E-state index in [9.17, 15) is 0 Å². The zero-order chi connectivity index (χ0) is 14.5. The predicted octanol–water partition coefficient (Wildman–Crippen LogP) is 6.51. The van der Waals surface area contributed by atoms with Crippen LogP contribution in [0.3, 0.4) is 0 Å². The highest BCUT2D eigenvalue weighted by atomic mass is 33.1. The van der Waals surface area contributed by atoms with Crippen molar-refractivity contribution in [2.24, 2.45) is 0 Å². The van der Waals surface area contributed by atoms with Crippen LogP contribution in [0.1, 0.15) is 46.6 Å². The normalized spacial score (nSPS) is 14.0. The van der Waals surface area contributed by atoms with Crippen molar-refractivity contribution in [3.8, 4) is 0 Å². The van der Waals surface area contributed by atoms with Gasteiger partial charge in [0, 0.05) is 10.5 Å². The largest absolute Gasteiger partial charge is 0.0856 e. The van der Waals surface area contributed by atoms with Crippen molar-refractivity contribution < 1.29 is 0 Å². The highest BCUT2D eigenvalue weighted by Gasteiger charge is 2.13. The van der Waals surface area contributed by atoms with E-state index in [0.717, 1.165) is 0 Å². The van der Waals surface area contributed by atoms with Crippen molar-refractivity contribution in [3.63, 3.8) is 0 Å². The van der Waals surface area contributed by atoms with Gasteiger partial charge in [-0.3, -0.25) is 0 Å². The molecule has 0 amide bonds. The lowest BCUT2D eigenvalue weighted by Gasteiger charge is -2.18. The average molecular weight is 303 g/mol. The molecule has 2 aromatic rings. The Hall–Kier alpha value is -0.860. The first-order chi connectivity index (χ1) is 9.59. The van der Waals surface area contributed by atoms with Gasteiger partial charge >= 0.3 is 0 Å². The molecular formula is C18H22S2. The van der Waals surface area contributed by atoms with Gasteiger partial charge in [0.25, 0.3) is 0 Å². The van der Waals surface area contributed by atoms with Crippen molar-refractivity contribution in [2.45, 2.75) is 38.2 Å². The van der Waals surface area contributed by atoms with E-state index in [1.165, 1.54) is 22.3 Å². The minimum Gasteiger partial charge on any atom is -0.0856 e. The molecule has 0 N–H and O–H groups in total. The zero-order valence-corrected chi connectivity index (χ0v) is 14.2. The summed E-state index contributed by atoms with van der Waals surface area (Å²) >= 11 is 0. The molecule has 0 heterocycles. The summed E-state index contributed by atoms with van der Waals surface area (Å²) in [6.45, 7) is 8.98. The van der Waals surface area contributed by atoms with Gasteiger partial charge in [-0.2, -0.15) is 0 Å². The van der Waals surface area contributed by atoms with E-state index in [1.54, 1.807) is 0 Å². The smallest absolute Gasteiger partial charge is 0.0375 e. The quantitative estimate of drug-likeness (QED) is 0.578. The molecule has 2 unspecified atom stereocenters. The standard InChI is InChI=1S/C18H22S2/c1-13-9-5-7-11-17(13)15(3)19-20-16(4)18-12-8-6-10-14(18)2/h5-12,15-16H,1-4H3. The average Bonchev–Trinajstić information content (AvgIpc) is 2.45. The second kappa shape index (κ2) is 7.24. The molecule has 0 aliphatic rings. The van der Waals surface area contributed by atoms with Gasteiger partial charge in [-0.15, -0.1) is 0 Å². The third-order valence-corrected chi connectivity index (χ3v) is 6.86. The van der Waals surface area contributed by atoms with Crippen molar-refractivity contribution >= 4 is 21.6 Å². The van der Waals surface area contributed by atoms with Gasteiger partial charge in [0.1, 0.15) is 0 Å². The van der Waals surface area contributed by atoms with Crippen LogP contribution in [-0.4, -0.2) is 0 Å². The second-order valence-electron chi connectivity index (χ2n) is 5.19. The summed E-state index contributed by atoms with van der Waals surface area (Å²) in [5.74, 6) is 0. The summed E-state index contributed by atoms with van der Waals surface area (Å²) in [5, 5.41) is 1.04.